The number of nitrogens with zero attached hydrogens (tertiary/aromatic N) is 2. The van der Waals surface area contributed by atoms with Crippen LogP contribution in [0.1, 0.15) is 44.6 Å². The highest BCUT2D eigenvalue weighted by molar-refractivity contribution is 5.97. The van der Waals surface area contributed by atoms with Gasteiger partial charge < -0.3 is 10.2 Å². The molecule has 1 aromatic carbocycles. The monoisotopic (exact) mass is 299 g/mol. The van der Waals surface area contributed by atoms with Crippen LogP contribution in [0.3, 0.4) is 0 Å². The first-order valence-electron chi connectivity index (χ1n) is 7.68. The fourth-order valence-electron chi connectivity index (χ4n) is 2.79. The Morgan fingerprint density at radius 2 is 2.05 bits per heavy atom. The Bertz CT molecular complexity index is 586. The van der Waals surface area contributed by atoms with Crippen LogP contribution in [0.5, 0.6) is 0 Å². The number of carbonyl (C=O) groups excluding carboxylic acids is 2. The molecule has 116 valence electrons. The number of nitriles is 1. The fourth-order valence-corrected chi connectivity index (χ4v) is 2.79. The lowest BCUT2D eigenvalue weighted by Gasteiger charge is -2.25. The van der Waals surface area contributed by atoms with Crippen molar-refractivity contribution in [1.29, 1.82) is 5.26 Å². The Kier molecular flexibility index (Phi) is 5.54. The molecule has 22 heavy (non-hydrogen) atoms. The molecule has 0 unspecified atom stereocenters. The van der Waals surface area contributed by atoms with Crippen molar-refractivity contribution in [2.45, 2.75) is 45.1 Å². The van der Waals surface area contributed by atoms with Crippen molar-refractivity contribution in [1.82, 2.24) is 5.32 Å². The summed E-state index contributed by atoms with van der Waals surface area (Å²) in [6, 6.07) is 9.00. The molecule has 0 spiro atoms. The summed E-state index contributed by atoms with van der Waals surface area (Å²) >= 11 is 0. The largest absolute Gasteiger partial charge is 0.352 e. The molecule has 2 amide bonds. The molecule has 1 aliphatic carbocycles. The highest BCUT2D eigenvalue weighted by Gasteiger charge is 2.20. The molecule has 5 heteroatoms. The number of amides is 2. The summed E-state index contributed by atoms with van der Waals surface area (Å²) in [6.45, 7) is 1.41. The van der Waals surface area contributed by atoms with Gasteiger partial charge in [0.05, 0.1) is 11.6 Å². The van der Waals surface area contributed by atoms with E-state index >= 15 is 0 Å². The van der Waals surface area contributed by atoms with Gasteiger partial charge in [-0.15, -0.1) is 0 Å². The summed E-state index contributed by atoms with van der Waals surface area (Å²) in [5.74, 6) is -0.363. The maximum Gasteiger partial charge on any atom is 0.240 e. The molecule has 0 aliphatic heterocycles. The summed E-state index contributed by atoms with van der Waals surface area (Å²) in [5, 5.41) is 12.0. The van der Waals surface area contributed by atoms with Crippen LogP contribution in [0, 0.1) is 11.3 Å². The molecule has 5 nitrogen and oxygen atoms in total. The van der Waals surface area contributed by atoms with Crippen molar-refractivity contribution in [3.05, 3.63) is 29.8 Å². The van der Waals surface area contributed by atoms with E-state index in [9.17, 15) is 9.59 Å². The fraction of sp³-hybridized carbons (Fsp3) is 0.471. The van der Waals surface area contributed by atoms with Gasteiger partial charge in [0.15, 0.2) is 0 Å². The molecule has 0 heterocycles. The second kappa shape index (κ2) is 7.60. The van der Waals surface area contributed by atoms with Gasteiger partial charge in [0, 0.05) is 18.7 Å². The van der Waals surface area contributed by atoms with E-state index in [0.717, 1.165) is 25.7 Å². The smallest absolute Gasteiger partial charge is 0.240 e. The maximum absolute atomic E-state index is 12.2. The Balaban J connectivity index is 2.03. The molecule has 0 atom stereocenters. The van der Waals surface area contributed by atoms with Crippen LogP contribution in [0.2, 0.25) is 0 Å². The van der Waals surface area contributed by atoms with Gasteiger partial charge in [0.25, 0.3) is 0 Å². The first-order valence-corrected chi connectivity index (χ1v) is 7.68. The van der Waals surface area contributed by atoms with E-state index in [1.165, 1.54) is 18.2 Å². The molecule has 1 aliphatic rings. The maximum atomic E-state index is 12.2. The first kappa shape index (κ1) is 16.0. The zero-order valence-corrected chi connectivity index (χ0v) is 12.8. The van der Waals surface area contributed by atoms with E-state index in [2.05, 4.69) is 5.32 Å². The minimum absolute atomic E-state index is 0.0132. The van der Waals surface area contributed by atoms with Crippen molar-refractivity contribution in [2.24, 2.45) is 0 Å². The zero-order chi connectivity index (χ0) is 15.9. The Labute approximate surface area is 130 Å². The third-order valence-corrected chi connectivity index (χ3v) is 3.94. The van der Waals surface area contributed by atoms with Crippen molar-refractivity contribution < 1.29 is 9.59 Å². The summed E-state index contributed by atoms with van der Waals surface area (Å²) in [6.07, 6.45) is 5.54. The number of rotatable bonds is 4. The Hall–Kier alpha value is -2.35. The van der Waals surface area contributed by atoms with Gasteiger partial charge in [-0.05, 0) is 31.0 Å². The average molecular weight is 299 g/mol. The predicted octanol–water partition coefficient (Wildman–Crippen LogP) is 2.36. The van der Waals surface area contributed by atoms with Gasteiger partial charge in [0.2, 0.25) is 11.8 Å². The molecule has 0 aromatic heterocycles. The van der Waals surface area contributed by atoms with Gasteiger partial charge >= 0.3 is 0 Å². The third-order valence-electron chi connectivity index (χ3n) is 3.94. The highest BCUT2D eigenvalue weighted by Crippen LogP contribution is 2.18. The number of nitrogens with one attached hydrogen (secondary N) is 1. The summed E-state index contributed by atoms with van der Waals surface area (Å²) in [5.41, 5.74) is 1.04. The number of carbonyl (C=O) groups is 2. The predicted molar refractivity (Wildman–Crippen MR) is 84.2 cm³/mol. The number of hydrogen-bond donors (Lipinski definition) is 1. The van der Waals surface area contributed by atoms with Gasteiger partial charge in [-0.1, -0.05) is 25.3 Å². The molecule has 2 rings (SSSR count). The zero-order valence-electron chi connectivity index (χ0n) is 12.8. The van der Waals surface area contributed by atoms with Crippen molar-refractivity contribution in [3.8, 4) is 6.07 Å². The van der Waals surface area contributed by atoms with Gasteiger partial charge in [-0.2, -0.15) is 5.26 Å². The van der Waals surface area contributed by atoms with E-state index in [-0.39, 0.29) is 24.4 Å². The third kappa shape index (κ3) is 4.32. The van der Waals surface area contributed by atoms with Crippen LogP contribution in [0.25, 0.3) is 0 Å². The van der Waals surface area contributed by atoms with Gasteiger partial charge in [0.1, 0.15) is 6.54 Å². The van der Waals surface area contributed by atoms with Crippen molar-refractivity contribution in [3.63, 3.8) is 0 Å². The lowest BCUT2D eigenvalue weighted by molar-refractivity contribution is -0.123. The van der Waals surface area contributed by atoms with E-state index in [1.807, 2.05) is 6.07 Å². The summed E-state index contributed by atoms with van der Waals surface area (Å²) < 4.78 is 0. The minimum atomic E-state index is -0.214. The van der Waals surface area contributed by atoms with Crippen LogP contribution < -0.4 is 10.2 Å². The van der Waals surface area contributed by atoms with Gasteiger partial charge in [-0.3, -0.25) is 9.59 Å². The van der Waals surface area contributed by atoms with Crippen molar-refractivity contribution >= 4 is 17.5 Å². The minimum Gasteiger partial charge on any atom is -0.352 e. The van der Waals surface area contributed by atoms with E-state index in [1.54, 1.807) is 24.3 Å². The molecular weight excluding hydrogens is 278 g/mol. The topological polar surface area (TPSA) is 73.2 Å². The summed E-state index contributed by atoms with van der Waals surface area (Å²) in [4.78, 5) is 25.4. The second-order valence-electron chi connectivity index (χ2n) is 5.67. The van der Waals surface area contributed by atoms with Gasteiger partial charge in [-0.25, -0.2) is 0 Å². The molecule has 1 saturated carbocycles. The lowest BCUT2D eigenvalue weighted by atomic mass is 9.95. The molecule has 1 fully saturated rings. The normalized spacial score (nSPS) is 14.9. The quantitative estimate of drug-likeness (QED) is 0.927. The molecule has 0 bridgehead atoms. The van der Waals surface area contributed by atoms with Crippen LogP contribution in [-0.2, 0) is 9.59 Å². The molecule has 0 radical (unpaired) electrons. The van der Waals surface area contributed by atoms with Crippen LogP contribution in [0.15, 0.2) is 24.3 Å². The lowest BCUT2D eigenvalue weighted by Crippen LogP contribution is -2.44. The number of anilines is 1. The molecule has 1 aromatic rings. The second-order valence-corrected chi connectivity index (χ2v) is 5.67. The summed E-state index contributed by atoms with van der Waals surface area (Å²) in [7, 11) is 0. The van der Waals surface area contributed by atoms with Crippen molar-refractivity contribution in [2.75, 3.05) is 11.4 Å². The van der Waals surface area contributed by atoms with Crippen LogP contribution in [-0.4, -0.2) is 24.4 Å². The number of hydrogen-bond acceptors (Lipinski definition) is 3. The Morgan fingerprint density at radius 3 is 2.68 bits per heavy atom. The van der Waals surface area contributed by atoms with E-state index < -0.39 is 0 Å². The first-order chi connectivity index (χ1) is 10.6. The SMILES string of the molecule is CC(=O)N(CC(=O)NC1CCCCC1)c1cccc(C#N)c1. The van der Waals surface area contributed by atoms with E-state index in [0.29, 0.717) is 11.3 Å². The van der Waals surface area contributed by atoms with E-state index in [4.69, 9.17) is 5.26 Å². The Morgan fingerprint density at radius 1 is 1.32 bits per heavy atom. The molecular formula is C17H21N3O2. The highest BCUT2D eigenvalue weighted by atomic mass is 16.2. The standard InChI is InChI=1S/C17H21N3O2/c1-13(21)20(16-9-5-6-14(10-16)11-18)12-17(22)19-15-7-3-2-4-8-15/h5-6,9-10,15H,2-4,7-8,12H2,1H3,(H,19,22). The van der Waals surface area contributed by atoms with Crippen LogP contribution in [0.4, 0.5) is 5.69 Å². The van der Waals surface area contributed by atoms with Crippen LogP contribution >= 0.6 is 0 Å². The average Bonchev–Trinajstić information content (AvgIpc) is 2.53. The molecule has 1 N–H and O–H groups in total. The molecule has 0 saturated heterocycles. The number of benzene rings is 1.